The molecule has 7 heteroatoms. The van der Waals surface area contributed by atoms with Gasteiger partial charge in [-0.1, -0.05) is 18.2 Å². The Hall–Kier alpha value is -4.00. The van der Waals surface area contributed by atoms with Gasteiger partial charge >= 0.3 is 0 Å². The maximum absolute atomic E-state index is 14.3. The molecule has 0 atom stereocenters. The maximum Gasteiger partial charge on any atom is 0.257 e. The zero-order valence-corrected chi connectivity index (χ0v) is 17.5. The average molecular weight is 431 g/mol. The number of aromatic amines is 1. The Morgan fingerprint density at radius 3 is 2.69 bits per heavy atom. The van der Waals surface area contributed by atoms with Crippen LogP contribution in [0.2, 0.25) is 0 Å². The predicted octanol–water partition coefficient (Wildman–Crippen LogP) is 4.30. The van der Waals surface area contributed by atoms with Crippen molar-refractivity contribution in [3.05, 3.63) is 106 Å². The fraction of sp³-hybridized carbons (Fsp3) is 0.160. The summed E-state index contributed by atoms with van der Waals surface area (Å²) < 4.78 is 19.9. The van der Waals surface area contributed by atoms with Gasteiger partial charge in [-0.25, -0.2) is 4.39 Å². The number of carbonyl (C=O) groups excluding carboxylic acids is 1. The van der Waals surface area contributed by atoms with Crippen molar-refractivity contribution in [2.24, 2.45) is 0 Å². The summed E-state index contributed by atoms with van der Waals surface area (Å²) in [5.41, 5.74) is 1.47. The van der Waals surface area contributed by atoms with Crippen LogP contribution < -0.4 is 10.3 Å². The molecule has 2 aromatic heterocycles. The zero-order valence-electron chi connectivity index (χ0n) is 17.5. The normalized spacial score (nSPS) is 10.8. The van der Waals surface area contributed by atoms with Crippen LogP contribution in [0.4, 0.5) is 4.39 Å². The maximum atomic E-state index is 14.3. The molecule has 4 aromatic rings. The fourth-order valence-corrected chi connectivity index (χ4v) is 3.53. The number of nitrogens with zero attached hydrogens (tertiary/aromatic N) is 2. The lowest BCUT2D eigenvalue weighted by Gasteiger charge is -2.23. The molecule has 0 bridgehead atoms. The van der Waals surface area contributed by atoms with E-state index in [2.05, 4.69) is 9.97 Å². The van der Waals surface area contributed by atoms with Crippen LogP contribution in [0, 0.1) is 5.82 Å². The molecule has 0 radical (unpaired) electrons. The summed E-state index contributed by atoms with van der Waals surface area (Å²) in [6.45, 7) is 2.61. The van der Waals surface area contributed by atoms with Crippen LogP contribution in [0.5, 0.6) is 5.75 Å². The first-order valence-electron chi connectivity index (χ1n) is 10.3. The van der Waals surface area contributed by atoms with Crippen LogP contribution in [0.15, 0.2) is 77.9 Å². The Morgan fingerprint density at radius 1 is 1.09 bits per heavy atom. The summed E-state index contributed by atoms with van der Waals surface area (Å²) in [5.74, 6) is -0.426. The minimum absolute atomic E-state index is 0.00615. The fourth-order valence-electron chi connectivity index (χ4n) is 3.53. The third-order valence-electron chi connectivity index (χ3n) is 5.05. The zero-order chi connectivity index (χ0) is 22.5. The monoisotopic (exact) mass is 431 g/mol. The van der Waals surface area contributed by atoms with E-state index in [1.165, 1.54) is 23.1 Å². The number of hydrogen-bond donors (Lipinski definition) is 1. The molecule has 0 saturated carbocycles. The van der Waals surface area contributed by atoms with Gasteiger partial charge in [0.25, 0.3) is 11.5 Å². The molecule has 2 heterocycles. The summed E-state index contributed by atoms with van der Waals surface area (Å²) in [4.78, 5) is 34.3. The number of halogens is 1. The number of rotatable bonds is 7. The van der Waals surface area contributed by atoms with Gasteiger partial charge in [0.15, 0.2) is 0 Å². The second-order valence-electron chi connectivity index (χ2n) is 7.31. The number of hydrogen-bond acceptors (Lipinski definition) is 4. The highest BCUT2D eigenvalue weighted by atomic mass is 19.1. The summed E-state index contributed by atoms with van der Waals surface area (Å²) in [6.07, 6.45) is 3.27. The third kappa shape index (κ3) is 4.67. The van der Waals surface area contributed by atoms with E-state index >= 15 is 0 Å². The van der Waals surface area contributed by atoms with Crippen LogP contribution in [-0.2, 0) is 13.1 Å². The first-order valence-corrected chi connectivity index (χ1v) is 10.3. The molecular formula is C25H22FN3O3. The van der Waals surface area contributed by atoms with Gasteiger partial charge in [-0.15, -0.1) is 0 Å². The van der Waals surface area contributed by atoms with E-state index in [1.807, 2.05) is 19.1 Å². The van der Waals surface area contributed by atoms with Gasteiger partial charge in [0.2, 0.25) is 0 Å². The van der Waals surface area contributed by atoms with E-state index < -0.39 is 11.7 Å². The molecule has 32 heavy (non-hydrogen) atoms. The van der Waals surface area contributed by atoms with Gasteiger partial charge < -0.3 is 14.6 Å². The Bertz CT molecular complexity index is 1300. The number of ether oxygens (including phenoxy) is 1. The van der Waals surface area contributed by atoms with E-state index in [9.17, 15) is 14.0 Å². The molecule has 0 saturated heterocycles. The number of pyridine rings is 2. The molecule has 0 aliphatic heterocycles. The van der Waals surface area contributed by atoms with Gasteiger partial charge in [-0.3, -0.25) is 14.6 Å². The lowest BCUT2D eigenvalue weighted by atomic mass is 10.1. The minimum Gasteiger partial charge on any atom is -0.494 e. The van der Waals surface area contributed by atoms with Crippen molar-refractivity contribution in [1.82, 2.24) is 14.9 Å². The second-order valence-corrected chi connectivity index (χ2v) is 7.31. The number of H-pyrrole nitrogens is 1. The molecule has 1 N–H and O–H groups in total. The van der Waals surface area contributed by atoms with E-state index in [4.69, 9.17) is 4.74 Å². The summed E-state index contributed by atoms with van der Waals surface area (Å²) >= 11 is 0. The van der Waals surface area contributed by atoms with E-state index in [0.29, 0.717) is 23.4 Å². The van der Waals surface area contributed by atoms with Crippen molar-refractivity contribution in [2.75, 3.05) is 6.61 Å². The second kappa shape index (κ2) is 9.43. The molecule has 0 unspecified atom stereocenters. The molecular weight excluding hydrogens is 409 g/mol. The topological polar surface area (TPSA) is 75.3 Å². The molecule has 1 amide bonds. The summed E-state index contributed by atoms with van der Waals surface area (Å²) in [7, 11) is 0. The van der Waals surface area contributed by atoms with Crippen LogP contribution in [0.25, 0.3) is 10.9 Å². The number of aromatic nitrogens is 2. The van der Waals surface area contributed by atoms with Gasteiger partial charge in [-0.05, 0) is 55.0 Å². The van der Waals surface area contributed by atoms with Gasteiger partial charge in [-0.2, -0.15) is 0 Å². The Labute approximate surface area is 184 Å². The van der Waals surface area contributed by atoms with E-state index in [1.54, 1.807) is 42.7 Å². The molecule has 4 rings (SSSR count). The standard InChI is InChI=1S/C25H22FN3O3/c1-2-32-20-9-10-23-18(13-20)12-19(24(30)28-23)16-29(15-17-6-5-11-27-14-17)25(31)21-7-3-4-8-22(21)26/h3-14H,2,15-16H2,1H3,(H,28,30). The summed E-state index contributed by atoms with van der Waals surface area (Å²) in [5, 5.41) is 0.783. The smallest absolute Gasteiger partial charge is 0.257 e. The summed E-state index contributed by atoms with van der Waals surface area (Å²) in [6, 6.07) is 16.6. The van der Waals surface area contributed by atoms with Crippen molar-refractivity contribution < 1.29 is 13.9 Å². The Kier molecular flexibility index (Phi) is 6.26. The largest absolute Gasteiger partial charge is 0.494 e. The highest BCUT2D eigenvalue weighted by molar-refractivity contribution is 5.94. The highest BCUT2D eigenvalue weighted by Gasteiger charge is 2.21. The van der Waals surface area contributed by atoms with E-state index in [-0.39, 0.29) is 24.2 Å². The first-order chi connectivity index (χ1) is 15.5. The van der Waals surface area contributed by atoms with Crippen molar-refractivity contribution in [1.29, 1.82) is 0 Å². The average Bonchev–Trinajstić information content (AvgIpc) is 2.80. The Morgan fingerprint density at radius 2 is 1.94 bits per heavy atom. The quantitative estimate of drug-likeness (QED) is 0.473. The molecule has 0 fully saturated rings. The van der Waals surface area contributed by atoms with Crippen LogP contribution in [0.3, 0.4) is 0 Å². The third-order valence-corrected chi connectivity index (χ3v) is 5.05. The van der Waals surface area contributed by atoms with Crippen LogP contribution >= 0.6 is 0 Å². The predicted molar refractivity (Wildman–Crippen MR) is 120 cm³/mol. The number of fused-ring (bicyclic) bond motifs is 1. The van der Waals surface area contributed by atoms with Crippen molar-refractivity contribution in [2.45, 2.75) is 20.0 Å². The molecule has 0 spiro atoms. The SMILES string of the molecule is CCOc1ccc2[nH]c(=O)c(CN(Cc3cccnc3)C(=O)c3ccccc3F)cc2c1. The van der Waals surface area contributed by atoms with Gasteiger partial charge in [0.05, 0.1) is 18.7 Å². The number of nitrogens with one attached hydrogen (secondary N) is 1. The van der Waals surface area contributed by atoms with Crippen LogP contribution in [-0.4, -0.2) is 27.4 Å². The molecule has 2 aromatic carbocycles. The van der Waals surface area contributed by atoms with Crippen LogP contribution in [0.1, 0.15) is 28.4 Å². The van der Waals surface area contributed by atoms with Crippen molar-refractivity contribution >= 4 is 16.8 Å². The number of amides is 1. The molecule has 162 valence electrons. The first kappa shape index (κ1) is 21.2. The van der Waals surface area contributed by atoms with E-state index in [0.717, 1.165) is 10.9 Å². The lowest BCUT2D eigenvalue weighted by Crippen LogP contribution is -2.33. The molecule has 0 aliphatic carbocycles. The van der Waals surface area contributed by atoms with Gasteiger partial charge in [0, 0.05) is 35.4 Å². The lowest BCUT2D eigenvalue weighted by molar-refractivity contribution is 0.0724. The number of benzene rings is 2. The molecule has 6 nitrogen and oxygen atoms in total. The Balaban J connectivity index is 1.72. The van der Waals surface area contributed by atoms with Gasteiger partial charge in [0.1, 0.15) is 11.6 Å². The number of carbonyl (C=O) groups is 1. The highest BCUT2D eigenvalue weighted by Crippen LogP contribution is 2.21. The molecule has 0 aliphatic rings. The minimum atomic E-state index is -0.609. The van der Waals surface area contributed by atoms with Crippen molar-refractivity contribution in [3.63, 3.8) is 0 Å². The van der Waals surface area contributed by atoms with Crippen molar-refractivity contribution in [3.8, 4) is 5.75 Å².